The molecule has 0 unspecified atom stereocenters. The van der Waals surface area contributed by atoms with Crippen molar-refractivity contribution in [1.82, 2.24) is 15.1 Å². The van der Waals surface area contributed by atoms with Crippen molar-refractivity contribution >= 4 is 11.8 Å². The van der Waals surface area contributed by atoms with Crippen molar-refractivity contribution in [2.24, 2.45) is 11.8 Å². The summed E-state index contributed by atoms with van der Waals surface area (Å²) >= 11 is 0. The Bertz CT molecular complexity index is 688. The van der Waals surface area contributed by atoms with E-state index in [0.717, 1.165) is 32.0 Å². The van der Waals surface area contributed by atoms with E-state index >= 15 is 0 Å². The number of hydrogen-bond donors (Lipinski definition) is 1. The molecule has 5 heteroatoms. The minimum Gasteiger partial charge on any atom is -0.349 e. The Morgan fingerprint density at radius 2 is 1.92 bits per heavy atom. The van der Waals surface area contributed by atoms with Gasteiger partial charge in [0, 0.05) is 45.9 Å². The lowest BCUT2D eigenvalue weighted by Gasteiger charge is -2.45. The van der Waals surface area contributed by atoms with Gasteiger partial charge in [0.15, 0.2) is 0 Å². The van der Waals surface area contributed by atoms with Gasteiger partial charge in [0.2, 0.25) is 11.8 Å². The van der Waals surface area contributed by atoms with Gasteiger partial charge >= 0.3 is 0 Å². The molecule has 3 aliphatic rings. The lowest BCUT2D eigenvalue weighted by atomic mass is 9.75. The summed E-state index contributed by atoms with van der Waals surface area (Å²) in [6, 6.07) is 10.3. The van der Waals surface area contributed by atoms with Crippen molar-refractivity contribution < 1.29 is 9.59 Å². The molecule has 0 bridgehead atoms. The predicted octanol–water partition coefficient (Wildman–Crippen LogP) is 2.20. The highest BCUT2D eigenvalue weighted by Crippen LogP contribution is 2.48. The van der Waals surface area contributed by atoms with Gasteiger partial charge in [-0.1, -0.05) is 30.3 Å². The van der Waals surface area contributed by atoms with Crippen molar-refractivity contribution in [1.29, 1.82) is 0 Å². The van der Waals surface area contributed by atoms with Gasteiger partial charge in [-0.3, -0.25) is 9.59 Å². The van der Waals surface area contributed by atoms with Gasteiger partial charge < -0.3 is 15.1 Å². The fraction of sp³-hybridized carbons (Fsp3) is 0.619. The average molecular weight is 355 g/mol. The summed E-state index contributed by atoms with van der Waals surface area (Å²) in [5, 5.41) is 3.27. The third-order valence-corrected chi connectivity index (χ3v) is 6.39. The molecule has 26 heavy (non-hydrogen) atoms. The number of benzene rings is 1. The van der Waals surface area contributed by atoms with Gasteiger partial charge in [0.1, 0.15) is 0 Å². The van der Waals surface area contributed by atoms with Crippen LogP contribution in [0.3, 0.4) is 0 Å². The maximum Gasteiger partial charge on any atom is 0.220 e. The number of piperidine rings is 1. The van der Waals surface area contributed by atoms with Crippen LogP contribution in [0, 0.1) is 11.8 Å². The topological polar surface area (TPSA) is 52.7 Å². The number of fused-ring (bicyclic) bond motifs is 1. The molecule has 2 amide bonds. The summed E-state index contributed by atoms with van der Waals surface area (Å²) in [5.41, 5.74) is 0.867. The molecule has 2 saturated heterocycles. The highest BCUT2D eigenvalue weighted by Gasteiger charge is 2.56. The highest BCUT2D eigenvalue weighted by molar-refractivity contribution is 5.77. The first-order valence-corrected chi connectivity index (χ1v) is 9.82. The average Bonchev–Trinajstić information content (AvgIpc) is 3.35. The van der Waals surface area contributed by atoms with Gasteiger partial charge in [-0.25, -0.2) is 0 Å². The molecule has 0 radical (unpaired) electrons. The van der Waals surface area contributed by atoms with Crippen molar-refractivity contribution in [2.45, 2.75) is 44.7 Å². The molecule has 1 aliphatic carbocycles. The second-order valence-corrected chi connectivity index (χ2v) is 8.40. The lowest BCUT2D eigenvalue weighted by Crippen LogP contribution is -2.61. The first-order chi connectivity index (χ1) is 12.5. The van der Waals surface area contributed by atoms with Crippen molar-refractivity contribution in [2.75, 3.05) is 26.2 Å². The Morgan fingerprint density at radius 3 is 2.54 bits per heavy atom. The number of rotatable bonds is 4. The standard InChI is InChI=1S/C21H29N3O2/c1-15(25)22-21-10-11-23(12-17-8-9-17)13-19(21)20(24(14-21)16(2)26)18-6-4-3-5-7-18/h3-7,17,19-20H,8-14H2,1-2H3,(H,22,25)/t19-,20-,21-/m1/s1. The summed E-state index contributed by atoms with van der Waals surface area (Å²) in [7, 11) is 0. The lowest BCUT2D eigenvalue weighted by molar-refractivity contribution is -0.130. The highest BCUT2D eigenvalue weighted by atomic mass is 16.2. The minimum atomic E-state index is -0.307. The van der Waals surface area contributed by atoms with Crippen molar-refractivity contribution in [3.63, 3.8) is 0 Å². The first-order valence-electron chi connectivity index (χ1n) is 9.82. The Balaban J connectivity index is 1.69. The third kappa shape index (κ3) is 3.25. The van der Waals surface area contributed by atoms with Crippen LogP contribution in [0.25, 0.3) is 0 Å². The van der Waals surface area contributed by atoms with E-state index in [1.807, 2.05) is 23.1 Å². The minimum absolute atomic E-state index is 0.00265. The normalized spacial score (nSPS) is 31.5. The van der Waals surface area contributed by atoms with Gasteiger partial charge in [-0.15, -0.1) is 0 Å². The molecule has 1 aromatic carbocycles. The molecule has 1 N–H and O–H groups in total. The molecule has 3 fully saturated rings. The maximum absolute atomic E-state index is 12.5. The van der Waals surface area contributed by atoms with E-state index in [1.165, 1.54) is 18.4 Å². The molecule has 1 saturated carbocycles. The summed E-state index contributed by atoms with van der Waals surface area (Å²) in [6.45, 7) is 6.96. The largest absolute Gasteiger partial charge is 0.349 e. The van der Waals surface area contributed by atoms with Crippen LogP contribution >= 0.6 is 0 Å². The third-order valence-electron chi connectivity index (χ3n) is 6.39. The van der Waals surface area contributed by atoms with Crippen LogP contribution in [-0.4, -0.2) is 53.3 Å². The quantitative estimate of drug-likeness (QED) is 0.901. The molecule has 3 atom stereocenters. The molecule has 4 rings (SSSR count). The van der Waals surface area contributed by atoms with Crippen LogP contribution in [0.4, 0.5) is 0 Å². The maximum atomic E-state index is 12.5. The molecule has 0 aromatic heterocycles. The number of nitrogens with one attached hydrogen (secondary N) is 1. The van der Waals surface area contributed by atoms with E-state index in [0.29, 0.717) is 6.54 Å². The summed E-state index contributed by atoms with van der Waals surface area (Å²) in [6.07, 6.45) is 3.61. The number of carbonyl (C=O) groups is 2. The van der Waals surface area contributed by atoms with Crippen LogP contribution < -0.4 is 5.32 Å². The number of likely N-dealkylation sites (tertiary alicyclic amines) is 2. The van der Waals surface area contributed by atoms with Crippen LogP contribution in [0.15, 0.2) is 30.3 Å². The van der Waals surface area contributed by atoms with E-state index in [-0.39, 0.29) is 29.3 Å². The number of hydrogen-bond acceptors (Lipinski definition) is 3. The van der Waals surface area contributed by atoms with E-state index in [9.17, 15) is 9.59 Å². The number of nitrogens with zero attached hydrogens (tertiary/aromatic N) is 2. The van der Waals surface area contributed by atoms with Gasteiger partial charge in [0.05, 0.1) is 11.6 Å². The van der Waals surface area contributed by atoms with Gasteiger partial charge in [-0.2, -0.15) is 0 Å². The Labute approximate surface area is 155 Å². The summed E-state index contributed by atoms with van der Waals surface area (Å²) in [4.78, 5) is 29.0. The molecular formula is C21H29N3O2. The van der Waals surface area contributed by atoms with Crippen LogP contribution in [0.5, 0.6) is 0 Å². The second-order valence-electron chi connectivity index (χ2n) is 8.40. The van der Waals surface area contributed by atoms with Crippen LogP contribution in [-0.2, 0) is 9.59 Å². The zero-order chi connectivity index (χ0) is 18.3. The smallest absolute Gasteiger partial charge is 0.220 e. The predicted molar refractivity (Wildman–Crippen MR) is 100 cm³/mol. The van der Waals surface area contributed by atoms with E-state index < -0.39 is 0 Å². The second kappa shape index (κ2) is 6.69. The van der Waals surface area contributed by atoms with Crippen LogP contribution in [0.1, 0.15) is 44.7 Å². The molecule has 140 valence electrons. The summed E-state index contributed by atoms with van der Waals surface area (Å²) in [5.74, 6) is 1.17. The van der Waals surface area contributed by atoms with Crippen molar-refractivity contribution in [3.8, 4) is 0 Å². The zero-order valence-corrected chi connectivity index (χ0v) is 15.8. The van der Waals surface area contributed by atoms with E-state index in [4.69, 9.17) is 0 Å². The monoisotopic (exact) mass is 355 g/mol. The molecule has 5 nitrogen and oxygen atoms in total. The fourth-order valence-corrected chi connectivity index (χ4v) is 5.05. The molecule has 2 heterocycles. The fourth-order valence-electron chi connectivity index (χ4n) is 5.05. The Morgan fingerprint density at radius 1 is 1.19 bits per heavy atom. The van der Waals surface area contributed by atoms with E-state index in [1.54, 1.807) is 13.8 Å². The first kappa shape index (κ1) is 17.5. The zero-order valence-electron chi connectivity index (χ0n) is 15.8. The van der Waals surface area contributed by atoms with E-state index in [2.05, 4.69) is 22.3 Å². The van der Waals surface area contributed by atoms with Crippen LogP contribution in [0.2, 0.25) is 0 Å². The molecule has 2 aliphatic heterocycles. The molecule has 0 spiro atoms. The van der Waals surface area contributed by atoms with Gasteiger partial charge in [-0.05, 0) is 30.7 Å². The van der Waals surface area contributed by atoms with Gasteiger partial charge in [0.25, 0.3) is 0 Å². The van der Waals surface area contributed by atoms with Crippen molar-refractivity contribution in [3.05, 3.63) is 35.9 Å². The SMILES string of the molecule is CC(=O)N[C@@]12CCN(CC3CC3)C[C@@H]1[C@@H](c1ccccc1)N(C(C)=O)C2. The Hall–Kier alpha value is -1.88. The Kier molecular flexibility index (Phi) is 4.51. The number of amides is 2. The molecular weight excluding hydrogens is 326 g/mol. The summed E-state index contributed by atoms with van der Waals surface area (Å²) < 4.78 is 0. The molecule has 1 aromatic rings. The number of carbonyl (C=O) groups excluding carboxylic acids is 2.